The molecule has 2 fully saturated rings. The fourth-order valence-corrected chi connectivity index (χ4v) is 3.23. The molecule has 1 aliphatic heterocycles. The van der Waals surface area contributed by atoms with Crippen LogP contribution in [0.5, 0.6) is 0 Å². The summed E-state index contributed by atoms with van der Waals surface area (Å²) in [6, 6.07) is 0. The summed E-state index contributed by atoms with van der Waals surface area (Å²) < 4.78 is 6.15. The first-order chi connectivity index (χ1) is 6.85. The second kappa shape index (κ2) is 4.86. The van der Waals surface area contributed by atoms with Crippen LogP contribution in [0.3, 0.4) is 0 Å². The van der Waals surface area contributed by atoms with Crippen molar-refractivity contribution in [2.45, 2.75) is 43.0 Å². The lowest BCUT2D eigenvalue weighted by atomic mass is 9.84. The standard InChI is InChI=1S/C11H21NOS/c1-14-11(5-3-6-11)9-12-8-10-4-2-7-13-10/h10,12H,2-9H2,1H3. The van der Waals surface area contributed by atoms with E-state index in [0.717, 1.165) is 13.2 Å². The molecule has 2 nitrogen and oxygen atoms in total. The zero-order valence-corrected chi connectivity index (χ0v) is 9.87. The van der Waals surface area contributed by atoms with Crippen LogP contribution in [-0.4, -0.2) is 36.8 Å². The molecule has 1 saturated carbocycles. The molecule has 1 unspecified atom stereocenters. The van der Waals surface area contributed by atoms with Gasteiger partial charge in [-0.15, -0.1) is 0 Å². The van der Waals surface area contributed by atoms with E-state index in [1.807, 2.05) is 11.8 Å². The van der Waals surface area contributed by atoms with Crippen LogP contribution in [0, 0.1) is 0 Å². The Morgan fingerprint density at radius 3 is 2.79 bits per heavy atom. The molecule has 14 heavy (non-hydrogen) atoms. The highest BCUT2D eigenvalue weighted by atomic mass is 32.2. The second-order valence-electron chi connectivity index (χ2n) is 4.51. The van der Waals surface area contributed by atoms with E-state index in [4.69, 9.17) is 4.74 Å². The molecular formula is C11H21NOS. The number of hydrogen-bond acceptors (Lipinski definition) is 3. The Hall–Kier alpha value is 0.270. The number of ether oxygens (including phenoxy) is 1. The van der Waals surface area contributed by atoms with E-state index in [2.05, 4.69) is 11.6 Å². The van der Waals surface area contributed by atoms with Crippen LogP contribution in [0.15, 0.2) is 0 Å². The fourth-order valence-electron chi connectivity index (χ4n) is 2.29. The Balaban J connectivity index is 1.61. The van der Waals surface area contributed by atoms with E-state index < -0.39 is 0 Å². The molecule has 1 N–H and O–H groups in total. The average Bonchev–Trinajstić information content (AvgIpc) is 2.62. The summed E-state index contributed by atoms with van der Waals surface area (Å²) in [5, 5.41) is 3.58. The van der Waals surface area contributed by atoms with Crippen LogP contribution < -0.4 is 5.32 Å². The van der Waals surface area contributed by atoms with Crippen molar-refractivity contribution in [3.63, 3.8) is 0 Å². The fraction of sp³-hybridized carbons (Fsp3) is 1.00. The maximum atomic E-state index is 5.58. The van der Waals surface area contributed by atoms with E-state index in [0.29, 0.717) is 10.9 Å². The predicted octanol–water partition coefficient (Wildman–Crippen LogP) is 2.04. The third kappa shape index (κ3) is 2.44. The van der Waals surface area contributed by atoms with Crippen LogP contribution in [0.25, 0.3) is 0 Å². The molecule has 2 aliphatic rings. The van der Waals surface area contributed by atoms with Crippen LogP contribution >= 0.6 is 11.8 Å². The summed E-state index contributed by atoms with van der Waals surface area (Å²) in [5.41, 5.74) is 0. The SMILES string of the molecule is CSC1(CNCC2CCCO2)CCC1. The van der Waals surface area contributed by atoms with E-state index >= 15 is 0 Å². The van der Waals surface area contributed by atoms with Gasteiger partial charge in [-0.25, -0.2) is 0 Å². The predicted molar refractivity (Wildman–Crippen MR) is 61.9 cm³/mol. The maximum absolute atomic E-state index is 5.58. The molecule has 1 saturated heterocycles. The van der Waals surface area contributed by atoms with Crippen LogP contribution in [0.4, 0.5) is 0 Å². The van der Waals surface area contributed by atoms with Crippen molar-refractivity contribution in [3.05, 3.63) is 0 Å². The molecule has 82 valence electrons. The van der Waals surface area contributed by atoms with Crippen LogP contribution in [0.1, 0.15) is 32.1 Å². The summed E-state index contributed by atoms with van der Waals surface area (Å²) in [6.45, 7) is 3.20. The van der Waals surface area contributed by atoms with Gasteiger partial charge < -0.3 is 10.1 Å². The smallest absolute Gasteiger partial charge is 0.0700 e. The molecule has 0 amide bonds. The van der Waals surface area contributed by atoms with Crippen molar-refractivity contribution < 1.29 is 4.74 Å². The number of thioether (sulfide) groups is 1. The molecule has 1 atom stereocenters. The quantitative estimate of drug-likeness (QED) is 0.758. The first kappa shape index (κ1) is 10.8. The molecule has 0 aromatic rings. The minimum atomic E-state index is 0.494. The van der Waals surface area contributed by atoms with Gasteiger partial charge in [-0.05, 0) is 31.9 Å². The first-order valence-electron chi connectivity index (χ1n) is 5.72. The van der Waals surface area contributed by atoms with Gasteiger partial charge in [-0.2, -0.15) is 11.8 Å². The second-order valence-corrected chi connectivity index (χ2v) is 5.78. The highest BCUT2D eigenvalue weighted by molar-refractivity contribution is 8.00. The van der Waals surface area contributed by atoms with Crippen molar-refractivity contribution in [3.8, 4) is 0 Å². The molecular weight excluding hydrogens is 194 g/mol. The minimum Gasteiger partial charge on any atom is -0.377 e. The molecule has 0 spiro atoms. The van der Waals surface area contributed by atoms with Crippen molar-refractivity contribution >= 4 is 11.8 Å². The Bertz CT molecular complexity index is 171. The molecule has 3 heteroatoms. The van der Waals surface area contributed by atoms with Crippen LogP contribution in [-0.2, 0) is 4.74 Å². The Labute approximate surface area is 91.2 Å². The lowest BCUT2D eigenvalue weighted by Gasteiger charge is -2.40. The van der Waals surface area contributed by atoms with E-state index in [1.165, 1.54) is 38.6 Å². The van der Waals surface area contributed by atoms with Crippen LogP contribution in [0.2, 0.25) is 0 Å². The van der Waals surface area contributed by atoms with E-state index in [9.17, 15) is 0 Å². The first-order valence-corrected chi connectivity index (χ1v) is 6.95. The van der Waals surface area contributed by atoms with Gasteiger partial charge >= 0.3 is 0 Å². The van der Waals surface area contributed by atoms with E-state index in [-0.39, 0.29) is 0 Å². The molecule has 2 rings (SSSR count). The normalized spacial score (nSPS) is 30.2. The summed E-state index contributed by atoms with van der Waals surface area (Å²) in [6.07, 6.45) is 9.45. The zero-order valence-electron chi connectivity index (χ0n) is 9.05. The maximum Gasteiger partial charge on any atom is 0.0700 e. The van der Waals surface area contributed by atoms with Gasteiger partial charge in [-0.3, -0.25) is 0 Å². The van der Waals surface area contributed by atoms with Gasteiger partial charge in [0.15, 0.2) is 0 Å². The summed E-state index contributed by atoms with van der Waals surface area (Å²) in [5.74, 6) is 0. The molecule has 0 aromatic carbocycles. The van der Waals surface area contributed by atoms with Crippen molar-refractivity contribution in [1.82, 2.24) is 5.32 Å². The zero-order chi connectivity index (χ0) is 9.86. The molecule has 1 heterocycles. The number of hydrogen-bond donors (Lipinski definition) is 1. The Kier molecular flexibility index (Phi) is 3.74. The van der Waals surface area contributed by atoms with Gasteiger partial charge in [0, 0.05) is 24.4 Å². The average molecular weight is 215 g/mol. The van der Waals surface area contributed by atoms with Gasteiger partial charge in [0.1, 0.15) is 0 Å². The molecule has 1 aliphatic carbocycles. The summed E-state index contributed by atoms with van der Waals surface area (Å²) in [4.78, 5) is 0. The minimum absolute atomic E-state index is 0.494. The Morgan fingerprint density at radius 1 is 1.43 bits per heavy atom. The highest BCUT2D eigenvalue weighted by Crippen LogP contribution is 2.42. The van der Waals surface area contributed by atoms with Gasteiger partial charge in [0.2, 0.25) is 0 Å². The topological polar surface area (TPSA) is 21.3 Å². The third-order valence-electron chi connectivity index (χ3n) is 3.54. The van der Waals surface area contributed by atoms with Crippen molar-refractivity contribution in [2.24, 2.45) is 0 Å². The van der Waals surface area contributed by atoms with Crippen molar-refractivity contribution in [2.75, 3.05) is 26.0 Å². The summed E-state index contributed by atoms with van der Waals surface area (Å²) >= 11 is 2.04. The molecule has 0 radical (unpaired) electrons. The molecule has 0 aromatic heterocycles. The van der Waals surface area contributed by atoms with Gasteiger partial charge in [0.05, 0.1) is 6.10 Å². The largest absolute Gasteiger partial charge is 0.377 e. The van der Waals surface area contributed by atoms with E-state index in [1.54, 1.807) is 0 Å². The Morgan fingerprint density at radius 2 is 2.29 bits per heavy atom. The monoisotopic (exact) mass is 215 g/mol. The lowest BCUT2D eigenvalue weighted by molar-refractivity contribution is 0.108. The van der Waals surface area contributed by atoms with Crippen molar-refractivity contribution in [1.29, 1.82) is 0 Å². The molecule has 0 bridgehead atoms. The summed E-state index contributed by atoms with van der Waals surface area (Å²) in [7, 11) is 0. The lowest BCUT2D eigenvalue weighted by Crippen LogP contribution is -2.45. The highest BCUT2D eigenvalue weighted by Gasteiger charge is 2.35. The van der Waals surface area contributed by atoms with Gasteiger partial charge in [0.25, 0.3) is 0 Å². The third-order valence-corrected chi connectivity index (χ3v) is 4.96. The number of nitrogens with one attached hydrogen (secondary N) is 1. The number of rotatable bonds is 5. The van der Waals surface area contributed by atoms with Gasteiger partial charge in [-0.1, -0.05) is 6.42 Å².